The van der Waals surface area contributed by atoms with Crippen LogP contribution in [0, 0.1) is 5.82 Å². The van der Waals surface area contributed by atoms with Crippen LogP contribution in [0.2, 0.25) is 0 Å². The van der Waals surface area contributed by atoms with Gasteiger partial charge in [-0.05, 0) is 29.3 Å². The summed E-state index contributed by atoms with van der Waals surface area (Å²) in [4.78, 5) is 24.6. The Kier molecular flexibility index (Phi) is 7.02. The Hall–Kier alpha value is -3.27. The van der Waals surface area contributed by atoms with Crippen molar-refractivity contribution in [1.29, 1.82) is 0 Å². The minimum atomic E-state index is -0.740. The van der Waals surface area contributed by atoms with Gasteiger partial charge in [-0.2, -0.15) is 5.10 Å². The number of hydrazone groups is 1. The molecule has 2 saturated heterocycles. The molecule has 1 atom stereocenters. The maximum Gasteiger partial charge on any atom is 0.414 e. The van der Waals surface area contributed by atoms with Crippen molar-refractivity contribution in [2.24, 2.45) is 5.10 Å². The first-order chi connectivity index (χ1) is 15.9. The van der Waals surface area contributed by atoms with E-state index in [0.717, 1.165) is 5.56 Å². The molecule has 1 N–H and O–H groups in total. The molecule has 0 radical (unpaired) electrons. The summed E-state index contributed by atoms with van der Waals surface area (Å²) in [7, 11) is -0.740. The highest BCUT2D eigenvalue weighted by atomic mass is 32.2. The van der Waals surface area contributed by atoms with Crippen LogP contribution >= 0.6 is 0 Å². The molecule has 0 aromatic heterocycles. The van der Waals surface area contributed by atoms with Crippen LogP contribution in [0.5, 0.6) is 0 Å². The van der Waals surface area contributed by atoms with Gasteiger partial charge in [-0.1, -0.05) is 24.3 Å². The number of anilines is 1. The number of carbonyl (C=O) groups excluding carboxylic acids is 2. The fraction of sp³-hybridized carbons (Fsp3) is 0.348. The fourth-order valence-electron chi connectivity index (χ4n) is 3.64. The van der Waals surface area contributed by atoms with Crippen molar-refractivity contribution in [2.45, 2.75) is 13.0 Å². The normalized spacial score (nSPS) is 19.2. The summed E-state index contributed by atoms with van der Waals surface area (Å²) < 4.78 is 31.6. The average molecular weight is 473 g/mol. The number of halogens is 1. The van der Waals surface area contributed by atoms with E-state index in [1.165, 1.54) is 17.9 Å². The van der Waals surface area contributed by atoms with E-state index in [1.807, 2.05) is 29.3 Å². The number of nitrogens with zero attached hydrogens (tertiary/aromatic N) is 3. The van der Waals surface area contributed by atoms with E-state index in [9.17, 15) is 18.2 Å². The van der Waals surface area contributed by atoms with Gasteiger partial charge in [-0.25, -0.2) is 9.18 Å². The predicted octanol–water partition coefficient (Wildman–Crippen LogP) is 2.35. The molecule has 2 heterocycles. The number of rotatable bonds is 6. The topological polar surface area (TPSA) is 91.3 Å². The van der Waals surface area contributed by atoms with Gasteiger partial charge in [0.15, 0.2) is 0 Å². The second-order valence-electron chi connectivity index (χ2n) is 7.89. The van der Waals surface area contributed by atoms with Gasteiger partial charge in [0.25, 0.3) is 0 Å². The highest BCUT2D eigenvalue weighted by Gasteiger charge is 2.32. The second kappa shape index (κ2) is 10.1. The van der Waals surface area contributed by atoms with Crippen molar-refractivity contribution >= 4 is 34.7 Å². The van der Waals surface area contributed by atoms with Crippen LogP contribution in [0.15, 0.2) is 47.6 Å². The Bertz CT molecular complexity index is 1080. The minimum absolute atomic E-state index is 0.207. The Labute approximate surface area is 193 Å². The number of amides is 2. The average Bonchev–Trinajstić information content (AvgIpc) is 3.18. The number of hydrogen-bond donors (Lipinski definition) is 1. The first-order valence-electron chi connectivity index (χ1n) is 10.7. The van der Waals surface area contributed by atoms with Crippen molar-refractivity contribution in [2.75, 3.05) is 42.6 Å². The summed E-state index contributed by atoms with van der Waals surface area (Å²) in [6.07, 6.45) is 0.694. The molecule has 0 unspecified atom stereocenters. The molecule has 174 valence electrons. The van der Waals surface area contributed by atoms with Crippen molar-refractivity contribution in [1.82, 2.24) is 10.3 Å². The molecule has 0 spiro atoms. The van der Waals surface area contributed by atoms with Gasteiger partial charge in [0, 0.05) is 47.9 Å². The Morgan fingerprint density at radius 3 is 2.64 bits per heavy atom. The predicted molar refractivity (Wildman–Crippen MR) is 125 cm³/mol. The van der Waals surface area contributed by atoms with Crippen molar-refractivity contribution in [3.8, 4) is 11.1 Å². The lowest BCUT2D eigenvalue weighted by Gasteiger charge is -2.22. The lowest BCUT2D eigenvalue weighted by Crippen LogP contribution is -2.34. The van der Waals surface area contributed by atoms with E-state index in [4.69, 9.17) is 4.74 Å². The molecular formula is C23H25FN4O4S. The molecule has 10 heteroatoms. The Balaban J connectivity index is 1.41. The summed E-state index contributed by atoms with van der Waals surface area (Å²) in [6.45, 7) is 3.19. The zero-order valence-electron chi connectivity index (χ0n) is 18.2. The molecule has 0 saturated carbocycles. The summed E-state index contributed by atoms with van der Waals surface area (Å²) >= 11 is 0. The molecule has 2 aromatic rings. The molecular weight excluding hydrogens is 447 g/mol. The number of carbonyl (C=O) groups is 2. The molecule has 4 rings (SSSR count). The molecule has 2 aliphatic rings. The van der Waals surface area contributed by atoms with Crippen molar-refractivity contribution in [3.63, 3.8) is 0 Å². The summed E-state index contributed by atoms with van der Waals surface area (Å²) in [5.41, 5.74) is 2.41. The number of hydrogen-bond acceptors (Lipinski definition) is 6. The van der Waals surface area contributed by atoms with E-state index < -0.39 is 28.8 Å². The lowest BCUT2D eigenvalue weighted by atomic mass is 10.0. The van der Waals surface area contributed by atoms with Gasteiger partial charge in [-0.15, -0.1) is 0 Å². The molecule has 0 bridgehead atoms. The largest absolute Gasteiger partial charge is 0.442 e. The van der Waals surface area contributed by atoms with Gasteiger partial charge in [0.2, 0.25) is 5.91 Å². The van der Waals surface area contributed by atoms with Crippen LogP contribution in [-0.2, 0) is 20.3 Å². The van der Waals surface area contributed by atoms with Crippen LogP contribution in [0.4, 0.5) is 14.9 Å². The quantitative estimate of drug-likeness (QED) is 0.652. The van der Waals surface area contributed by atoms with Gasteiger partial charge in [0.1, 0.15) is 11.9 Å². The number of cyclic esters (lactones) is 1. The van der Waals surface area contributed by atoms with Gasteiger partial charge >= 0.3 is 6.09 Å². The van der Waals surface area contributed by atoms with Crippen molar-refractivity contribution in [3.05, 3.63) is 53.8 Å². The molecule has 2 aromatic carbocycles. The highest BCUT2D eigenvalue weighted by Crippen LogP contribution is 2.29. The maximum atomic E-state index is 14.9. The maximum absolute atomic E-state index is 14.9. The van der Waals surface area contributed by atoms with E-state index in [1.54, 1.807) is 18.3 Å². The standard InChI is InChI=1S/C23H25FN4O4S/c1-16(29)25-14-20-15-28(23(30)32-20)19-6-7-21(22(24)12-19)18-4-2-17(3-5-18)13-26-27-8-10-33(31)11-9-27/h2-7,12-13,20H,8-11,14-15H2,1H3,(H,25,29)/b26-13+/t20-/m0/s1. The third-order valence-electron chi connectivity index (χ3n) is 5.46. The third-order valence-corrected chi connectivity index (χ3v) is 6.74. The van der Waals surface area contributed by atoms with Crippen LogP contribution in [0.3, 0.4) is 0 Å². The first kappa shape index (κ1) is 22.9. The van der Waals surface area contributed by atoms with Gasteiger partial charge in [0.05, 0.1) is 25.0 Å². The second-order valence-corrected chi connectivity index (χ2v) is 9.58. The molecule has 33 heavy (non-hydrogen) atoms. The van der Waals surface area contributed by atoms with Gasteiger partial charge < -0.3 is 10.1 Å². The lowest BCUT2D eigenvalue weighted by molar-refractivity contribution is -0.119. The molecule has 8 nitrogen and oxygen atoms in total. The monoisotopic (exact) mass is 472 g/mol. The Morgan fingerprint density at radius 2 is 1.97 bits per heavy atom. The molecule has 0 aliphatic carbocycles. The third kappa shape index (κ3) is 5.75. The number of benzene rings is 2. The SMILES string of the molecule is CC(=O)NC[C@H]1CN(c2ccc(-c3ccc(/C=N/N4CCS(=O)CC4)cc3)c(F)c2)C(=O)O1. The first-order valence-corrected chi connectivity index (χ1v) is 12.1. The van der Waals surface area contributed by atoms with Crippen LogP contribution in [0.25, 0.3) is 11.1 Å². The smallest absolute Gasteiger partial charge is 0.414 e. The zero-order chi connectivity index (χ0) is 23.4. The summed E-state index contributed by atoms with van der Waals surface area (Å²) in [5.74, 6) is 0.613. The summed E-state index contributed by atoms with van der Waals surface area (Å²) in [6, 6.07) is 12.0. The Morgan fingerprint density at radius 1 is 1.24 bits per heavy atom. The van der Waals surface area contributed by atoms with E-state index in [-0.39, 0.29) is 19.0 Å². The van der Waals surface area contributed by atoms with Crippen LogP contribution < -0.4 is 10.2 Å². The highest BCUT2D eigenvalue weighted by molar-refractivity contribution is 7.85. The molecule has 2 fully saturated rings. The number of ether oxygens (including phenoxy) is 1. The van der Waals surface area contributed by atoms with Crippen LogP contribution in [0.1, 0.15) is 12.5 Å². The number of nitrogens with one attached hydrogen (secondary N) is 1. The molecule has 2 aliphatic heterocycles. The van der Waals surface area contributed by atoms with E-state index in [2.05, 4.69) is 10.4 Å². The molecule has 2 amide bonds. The summed E-state index contributed by atoms with van der Waals surface area (Å²) in [5, 5.41) is 8.94. The van der Waals surface area contributed by atoms with Crippen LogP contribution in [-0.4, -0.2) is 71.2 Å². The fourth-order valence-corrected chi connectivity index (χ4v) is 4.68. The van der Waals surface area contributed by atoms with Crippen molar-refractivity contribution < 1.29 is 22.9 Å². The minimum Gasteiger partial charge on any atom is -0.442 e. The van der Waals surface area contributed by atoms with Gasteiger partial charge in [-0.3, -0.25) is 18.9 Å². The van der Waals surface area contributed by atoms with E-state index >= 15 is 0 Å². The van der Waals surface area contributed by atoms with E-state index in [0.29, 0.717) is 41.4 Å². The zero-order valence-corrected chi connectivity index (χ0v) is 19.0.